The lowest BCUT2D eigenvalue weighted by Crippen LogP contribution is -2.35. The highest BCUT2D eigenvalue weighted by Crippen LogP contribution is 2.22. The van der Waals surface area contributed by atoms with Crippen LogP contribution in [0.3, 0.4) is 0 Å². The zero-order chi connectivity index (χ0) is 22.2. The molecule has 0 aliphatic rings. The Morgan fingerprint density at radius 3 is 1.57 bits per heavy atom. The molecular formula is C23H46N6O. The van der Waals surface area contributed by atoms with Crippen LogP contribution in [0.15, 0.2) is 18.2 Å². The minimum Gasteiger partial charge on any atom is -0.491 e. The minimum absolute atomic E-state index is 0.137. The molecule has 1 aromatic rings. The van der Waals surface area contributed by atoms with Crippen LogP contribution in [0.2, 0.25) is 0 Å². The zero-order valence-corrected chi connectivity index (χ0v) is 19.2. The third-order valence-electron chi connectivity index (χ3n) is 5.02. The molecule has 0 heterocycles. The van der Waals surface area contributed by atoms with Crippen molar-refractivity contribution in [3.8, 4) is 5.75 Å². The van der Waals surface area contributed by atoms with Crippen LogP contribution in [0.1, 0.15) is 50.7 Å². The monoisotopic (exact) mass is 422 g/mol. The molecule has 30 heavy (non-hydrogen) atoms. The summed E-state index contributed by atoms with van der Waals surface area (Å²) in [5, 5.41) is 7.21. The lowest BCUT2D eigenvalue weighted by atomic mass is 9.96. The lowest BCUT2D eigenvalue weighted by molar-refractivity contribution is 0.242. The number of nitrogens with two attached hydrogens (primary N) is 4. The van der Waals surface area contributed by atoms with Crippen LogP contribution in [-0.4, -0.2) is 57.5 Å². The molecule has 0 bridgehead atoms. The van der Waals surface area contributed by atoms with Gasteiger partial charge in [-0.3, -0.25) is 0 Å². The molecule has 0 aromatic heterocycles. The van der Waals surface area contributed by atoms with Crippen molar-refractivity contribution in [2.75, 3.05) is 39.3 Å². The van der Waals surface area contributed by atoms with E-state index in [1.807, 2.05) is 0 Å². The molecule has 7 heteroatoms. The second-order valence-corrected chi connectivity index (χ2v) is 8.30. The van der Waals surface area contributed by atoms with Gasteiger partial charge in [0.2, 0.25) is 0 Å². The lowest BCUT2D eigenvalue weighted by Gasteiger charge is -2.22. The van der Waals surface area contributed by atoms with Gasteiger partial charge >= 0.3 is 0 Å². The van der Waals surface area contributed by atoms with Crippen molar-refractivity contribution in [2.24, 2.45) is 22.9 Å². The largest absolute Gasteiger partial charge is 0.491 e. The summed E-state index contributed by atoms with van der Waals surface area (Å²) < 4.78 is 6.05. The molecule has 0 spiro atoms. The predicted octanol–water partition coefficient (Wildman–Crippen LogP) is 0.870. The summed E-state index contributed by atoms with van der Waals surface area (Å²) >= 11 is 0. The molecule has 2 atom stereocenters. The quantitative estimate of drug-likeness (QED) is 0.193. The van der Waals surface area contributed by atoms with E-state index in [4.69, 9.17) is 27.7 Å². The van der Waals surface area contributed by atoms with E-state index in [9.17, 15) is 0 Å². The van der Waals surface area contributed by atoms with Crippen LogP contribution in [0.25, 0.3) is 0 Å². The first-order valence-corrected chi connectivity index (χ1v) is 11.6. The molecule has 2 unspecified atom stereocenters. The highest BCUT2D eigenvalue weighted by Gasteiger charge is 2.14. The maximum Gasteiger partial charge on any atom is 0.120 e. The number of ether oxygens (including phenoxy) is 1. The first-order valence-electron chi connectivity index (χ1n) is 11.6. The van der Waals surface area contributed by atoms with Crippen LogP contribution >= 0.6 is 0 Å². The number of nitrogens with one attached hydrogen (secondary N) is 2. The van der Waals surface area contributed by atoms with Crippen LogP contribution in [0.4, 0.5) is 0 Å². The molecular weight excluding hydrogens is 376 g/mol. The highest BCUT2D eigenvalue weighted by molar-refractivity contribution is 5.35. The number of hydrogen-bond donors (Lipinski definition) is 6. The Labute approximate surface area is 183 Å². The Kier molecular flexibility index (Phi) is 14.7. The molecule has 1 rings (SSSR count). The van der Waals surface area contributed by atoms with Gasteiger partial charge in [0.1, 0.15) is 5.75 Å². The SMILES string of the molecule is CC(C)Oc1cc(CC(CCN)NCCCN)cc(CC(CCN)NCCCN)c1. The maximum atomic E-state index is 6.05. The summed E-state index contributed by atoms with van der Waals surface area (Å²) in [5.41, 5.74) is 25.5. The van der Waals surface area contributed by atoms with Gasteiger partial charge in [-0.25, -0.2) is 0 Å². The Hall–Kier alpha value is -1.22. The molecule has 1 aromatic carbocycles. The van der Waals surface area contributed by atoms with E-state index in [0.29, 0.717) is 38.3 Å². The van der Waals surface area contributed by atoms with Crippen molar-refractivity contribution in [1.29, 1.82) is 0 Å². The molecule has 7 nitrogen and oxygen atoms in total. The summed E-state index contributed by atoms with van der Waals surface area (Å²) in [6, 6.07) is 7.31. The fourth-order valence-corrected chi connectivity index (χ4v) is 3.64. The van der Waals surface area contributed by atoms with Gasteiger partial charge in [0.25, 0.3) is 0 Å². The third-order valence-corrected chi connectivity index (χ3v) is 5.02. The maximum absolute atomic E-state index is 6.05. The normalized spacial score (nSPS) is 13.6. The van der Waals surface area contributed by atoms with Gasteiger partial charge in [-0.1, -0.05) is 6.07 Å². The molecule has 0 saturated heterocycles. The van der Waals surface area contributed by atoms with E-state index < -0.39 is 0 Å². The molecule has 0 radical (unpaired) electrons. The Balaban J connectivity index is 2.96. The molecule has 174 valence electrons. The summed E-state index contributed by atoms with van der Waals surface area (Å²) in [4.78, 5) is 0. The van der Waals surface area contributed by atoms with E-state index in [1.165, 1.54) is 11.1 Å². The highest BCUT2D eigenvalue weighted by atomic mass is 16.5. The fraction of sp³-hybridized carbons (Fsp3) is 0.739. The van der Waals surface area contributed by atoms with Crippen molar-refractivity contribution < 1.29 is 4.74 Å². The number of rotatable bonds is 18. The first kappa shape index (κ1) is 26.8. The minimum atomic E-state index is 0.137. The van der Waals surface area contributed by atoms with Gasteiger partial charge in [0.05, 0.1) is 6.10 Å². The van der Waals surface area contributed by atoms with Crippen molar-refractivity contribution in [2.45, 2.75) is 70.6 Å². The van der Waals surface area contributed by atoms with E-state index in [0.717, 1.165) is 57.4 Å². The van der Waals surface area contributed by atoms with E-state index in [-0.39, 0.29) is 6.10 Å². The van der Waals surface area contributed by atoms with Gasteiger partial charge in [0, 0.05) is 12.1 Å². The summed E-state index contributed by atoms with van der Waals surface area (Å²) in [6.07, 6.45) is 5.80. The Morgan fingerprint density at radius 1 is 0.733 bits per heavy atom. The van der Waals surface area contributed by atoms with Gasteiger partial charge in [-0.15, -0.1) is 0 Å². The fourth-order valence-electron chi connectivity index (χ4n) is 3.64. The second-order valence-electron chi connectivity index (χ2n) is 8.30. The molecule has 0 amide bonds. The molecule has 0 fully saturated rings. The topological polar surface area (TPSA) is 137 Å². The number of benzene rings is 1. The summed E-state index contributed by atoms with van der Waals surface area (Å²) in [7, 11) is 0. The summed E-state index contributed by atoms with van der Waals surface area (Å²) in [6.45, 7) is 8.68. The van der Waals surface area contributed by atoms with Crippen LogP contribution in [0.5, 0.6) is 5.75 Å². The Morgan fingerprint density at radius 2 is 1.20 bits per heavy atom. The van der Waals surface area contributed by atoms with Crippen LogP contribution in [0, 0.1) is 0 Å². The molecule has 0 saturated carbocycles. The van der Waals surface area contributed by atoms with Gasteiger partial charge in [0.15, 0.2) is 0 Å². The van der Waals surface area contributed by atoms with Crippen LogP contribution < -0.4 is 38.3 Å². The summed E-state index contributed by atoms with van der Waals surface area (Å²) in [5.74, 6) is 0.930. The zero-order valence-electron chi connectivity index (χ0n) is 19.2. The van der Waals surface area contributed by atoms with Crippen molar-refractivity contribution in [1.82, 2.24) is 10.6 Å². The third kappa shape index (κ3) is 11.8. The van der Waals surface area contributed by atoms with Gasteiger partial charge in [-0.05, 0) is 115 Å². The average molecular weight is 423 g/mol. The predicted molar refractivity (Wildman–Crippen MR) is 128 cm³/mol. The smallest absolute Gasteiger partial charge is 0.120 e. The van der Waals surface area contributed by atoms with Crippen molar-refractivity contribution in [3.63, 3.8) is 0 Å². The second kappa shape index (κ2) is 16.5. The van der Waals surface area contributed by atoms with Crippen LogP contribution in [-0.2, 0) is 12.8 Å². The average Bonchev–Trinajstić information content (AvgIpc) is 2.68. The van der Waals surface area contributed by atoms with E-state index in [2.05, 4.69) is 42.7 Å². The molecule has 0 aliphatic carbocycles. The Bertz CT molecular complexity index is 514. The van der Waals surface area contributed by atoms with Crippen molar-refractivity contribution in [3.05, 3.63) is 29.3 Å². The van der Waals surface area contributed by atoms with E-state index in [1.54, 1.807) is 0 Å². The molecule has 10 N–H and O–H groups in total. The van der Waals surface area contributed by atoms with Crippen molar-refractivity contribution >= 4 is 0 Å². The first-order chi connectivity index (χ1) is 14.5. The van der Waals surface area contributed by atoms with E-state index >= 15 is 0 Å². The number of hydrogen-bond acceptors (Lipinski definition) is 7. The van der Waals surface area contributed by atoms with Gasteiger partial charge < -0.3 is 38.3 Å². The molecule has 0 aliphatic heterocycles. The van der Waals surface area contributed by atoms with Gasteiger partial charge in [-0.2, -0.15) is 0 Å². The standard InChI is InChI=1S/C23H46N6O/c1-18(2)30-23-16-19(14-21(5-9-26)28-11-3-7-24)13-20(17-23)15-22(6-10-27)29-12-4-8-25/h13,16-18,21-22,28-29H,3-12,14-15,24-27H2,1-2H3.